The average molecular weight is 474 g/mol. The minimum atomic E-state index is -1.22. The Morgan fingerprint density at radius 1 is 1.19 bits per heavy atom. The molecule has 0 aliphatic heterocycles. The van der Waals surface area contributed by atoms with Gasteiger partial charge in [0.2, 0.25) is 5.91 Å². The Hall–Kier alpha value is -3.16. The lowest BCUT2D eigenvalue weighted by atomic mass is 9.98. The van der Waals surface area contributed by atoms with Gasteiger partial charge in [0.25, 0.3) is 5.91 Å². The normalized spacial score (nSPS) is 15.8. The highest BCUT2D eigenvalue weighted by Gasteiger charge is 2.41. The van der Waals surface area contributed by atoms with Gasteiger partial charge in [0, 0.05) is 28.0 Å². The molecule has 9 heteroatoms. The lowest BCUT2D eigenvalue weighted by molar-refractivity contribution is -0.123. The maximum Gasteiger partial charge on any atom is 0.259 e. The van der Waals surface area contributed by atoms with E-state index in [0.717, 1.165) is 0 Å². The van der Waals surface area contributed by atoms with Crippen LogP contribution in [0.4, 0.5) is 4.39 Å². The molecule has 2 atom stereocenters. The van der Waals surface area contributed by atoms with Crippen LogP contribution in [0.2, 0.25) is 10.0 Å². The number of benzene rings is 2. The minimum Gasteiger partial charge on any atom is -0.507 e. The Morgan fingerprint density at radius 2 is 1.97 bits per heavy atom. The quantitative estimate of drug-likeness (QED) is 0.566. The molecule has 0 saturated carbocycles. The highest BCUT2D eigenvalue weighted by molar-refractivity contribution is 6.31. The lowest BCUT2D eigenvalue weighted by Gasteiger charge is -2.36. The van der Waals surface area contributed by atoms with Gasteiger partial charge in [-0.15, -0.1) is 0 Å². The zero-order valence-corrected chi connectivity index (χ0v) is 18.1. The third kappa shape index (κ3) is 4.01. The molecule has 3 N–H and O–H groups in total. The van der Waals surface area contributed by atoms with Gasteiger partial charge in [0.05, 0.1) is 11.6 Å². The van der Waals surface area contributed by atoms with Gasteiger partial charge in [-0.3, -0.25) is 14.6 Å². The molecule has 0 radical (unpaired) electrons. The lowest BCUT2D eigenvalue weighted by Crippen LogP contribution is -2.43. The van der Waals surface area contributed by atoms with E-state index in [1.807, 2.05) is 0 Å². The first-order valence-corrected chi connectivity index (χ1v) is 10.5. The molecule has 0 unspecified atom stereocenters. The number of nitrogens with two attached hydrogens (primary N) is 1. The summed E-state index contributed by atoms with van der Waals surface area (Å²) in [5.74, 6) is -2.29. The van der Waals surface area contributed by atoms with E-state index in [2.05, 4.69) is 4.98 Å². The number of carbonyl (C=O) groups is 2. The summed E-state index contributed by atoms with van der Waals surface area (Å²) >= 11 is 12.0. The molecular formula is C23H18Cl2FN3O3. The monoisotopic (exact) mass is 473 g/mol. The number of hydrogen-bond acceptors (Lipinski definition) is 4. The molecule has 1 aliphatic rings. The van der Waals surface area contributed by atoms with Crippen LogP contribution in [0.15, 0.2) is 54.9 Å². The first kappa shape index (κ1) is 22.0. The van der Waals surface area contributed by atoms with Crippen LogP contribution < -0.4 is 5.73 Å². The number of hydrogen-bond donors (Lipinski definition) is 2. The number of pyridine rings is 1. The summed E-state index contributed by atoms with van der Waals surface area (Å²) in [7, 11) is 0. The number of fused-ring (bicyclic) bond motifs is 1. The van der Waals surface area contributed by atoms with Crippen molar-refractivity contribution in [2.24, 2.45) is 5.73 Å². The summed E-state index contributed by atoms with van der Waals surface area (Å²) in [5, 5.41) is 10.8. The maximum absolute atomic E-state index is 14.6. The standard InChI is InChI=1S/C23H18Cl2FN3O3/c24-13-3-4-16(20(30)10-13)23(32)29(21(22(27)31)12-2-1-7-28-11-12)19-6-5-15-17(19)8-14(25)9-18(15)26/h1-4,7-11,19,21,30H,5-6H2,(H2,27,31)/t19-,21-/m1/s1. The summed E-state index contributed by atoms with van der Waals surface area (Å²) in [5.41, 5.74) is 6.98. The van der Waals surface area contributed by atoms with Gasteiger partial charge in [-0.05, 0) is 60.4 Å². The predicted molar refractivity (Wildman–Crippen MR) is 118 cm³/mol. The molecule has 6 nitrogen and oxygen atoms in total. The molecule has 3 aromatic rings. The van der Waals surface area contributed by atoms with Crippen molar-refractivity contribution in [2.75, 3.05) is 0 Å². The van der Waals surface area contributed by atoms with E-state index in [-0.39, 0.29) is 21.4 Å². The van der Waals surface area contributed by atoms with Crippen molar-refractivity contribution in [3.05, 3.63) is 93.0 Å². The zero-order chi connectivity index (χ0) is 23.0. The number of carbonyl (C=O) groups excluding carboxylic acids is 2. The Balaban J connectivity index is 1.90. The van der Waals surface area contributed by atoms with Crippen LogP contribution >= 0.6 is 23.2 Å². The van der Waals surface area contributed by atoms with Crippen molar-refractivity contribution in [2.45, 2.75) is 24.9 Å². The fourth-order valence-electron chi connectivity index (χ4n) is 4.17. The third-order valence-corrected chi connectivity index (χ3v) is 5.98. The second kappa shape index (κ2) is 8.76. The number of phenols is 1. The molecule has 2 aromatic carbocycles. The number of nitrogens with zero attached hydrogens (tertiary/aromatic N) is 2. The van der Waals surface area contributed by atoms with Crippen LogP contribution in [0.3, 0.4) is 0 Å². The molecule has 0 fully saturated rings. The fourth-order valence-corrected chi connectivity index (χ4v) is 4.55. The first-order valence-electron chi connectivity index (χ1n) is 9.76. The van der Waals surface area contributed by atoms with Crippen LogP contribution in [-0.2, 0) is 11.2 Å². The Kier molecular flexibility index (Phi) is 6.04. The number of primary amides is 1. The number of rotatable bonds is 5. The van der Waals surface area contributed by atoms with E-state index in [0.29, 0.717) is 29.5 Å². The van der Waals surface area contributed by atoms with Gasteiger partial charge < -0.3 is 15.7 Å². The maximum atomic E-state index is 14.6. The van der Waals surface area contributed by atoms with E-state index < -0.39 is 29.7 Å². The van der Waals surface area contributed by atoms with E-state index in [9.17, 15) is 19.1 Å². The summed E-state index contributed by atoms with van der Waals surface area (Å²) in [4.78, 5) is 31.7. The number of aromatic hydroxyl groups is 1. The molecule has 2 amide bonds. The van der Waals surface area contributed by atoms with Crippen LogP contribution in [0.25, 0.3) is 0 Å². The van der Waals surface area contributed by atoms with Gasteiger partial charge in [0.15, 0.2) is 0 Å². The number of halogens is 3. The van der Waals surface area contributed by atoms with Crippen molar-refractivity contribution in [3.63, 3.8) is 0 Å². The fraction of sp³-hybridized carbons (Fsp3) is 0.174. The molecule has 32 heavy (non-hydrogen) atoms. The average Bonchev–Trinajstić information content (AvgIpc) is 3.15. The molecule has 4 rings (SSSR count). The highest BCUT2D eigenvalue weighted by atomic mass is 35.5. The molecule has 1 aliphatic carbocycles. The molecule has 1 aromatic heterocycles. The molecule has 0 saturated heterocycles. The van der Waals surface area contributed by atoms with Crippen molar-refractivity contribution < 1.29 is 19.1 Å². The van der Waals surface area contributed by atoms with E-state index in [1.54, 1.807) is 18.2 Å². The van der Waals surface area contributed by atoms with Crippen molar-refractivity contribution in [1.82, 2.24) is 9.88 Å². The van der Waals surface area contributed by atoms with Gasteiger partial charge in [0.1, 0.15) is 17.6 Å². The molecule has 0 bridgehead atoms. The second-order valence-corrected chi connectivity index (χ2v) is 8.35. The van der Waals surface area contributed by atoms with Crippen molar-refractivity contribution >= 4 is 35.0 Å². The Bertz CT molecular complexity index is 1210. The number of aromatic nitrogens is 1. The SMILES string of the molecule is NC(=O)[C@@H](c1cccnc1)N(C(=O)c1ccc(Cl)cc1O)[C@@H]1CCc2c(F)cc(Cl)cc21. The van der Waals surface area contributed by atoms with E-state index >= 15 is 0 Å². The second-order valence-electron chi connectivity index (χ2n) is 7.48. The van der Waals surface area contributed by atoms with Crippen molar-refractivity contribution in [1.29, 1.82) is 0 Å². The number of amides is 2. The largest absolute Gasteiger partial charge is 0.507 e. The molecule has 0 spiro atoms. The summed E-state index contributed by atoms with van der Waals surface area (Å²) in [6.07, 6.45) is 3.65. The summed E-state index contributed by atoms with van der Waals surface area (Å²) in [6.45, 7) is 0. The van der Waals surface area contributed by atoms with Gasteiger partial charge in [-0.1, -0.05) is 29.3 Å². The topological polar surface area (TPSA) is 96.5 Å². The molecular weight excluding hydrogens is 456 g/mol. The van der Waals surface area contributed by atoms with Crippen LogP contribution in [0.5, 0.6) is 5.75 Å². The zero-order valence-electron chi connectivity index (χ0n) is 16.6. The number of phenolic OH excluding ortho intramolecular Hbond substituents is 1. The molecule has 1 heterocycles. The first-order chi connectivity index (χ1) is 15.3. The van der Waals surface area contributed by atoms with Gasteiger partial charge in [-0.2, -0.15) is 0 Å². The Morgan fingerprint density at radius 3 is 2.62 bits per heavy atom. The Labute approximate surface area is 193 Å². The van der Waals surface area contributed by atoms with Crippen LogP contribution in [-0.4, -0.2) is 26.8 Å². The smallest absolute Gasteiger partial charge is 0.259 e. The minimum absolute atomic E-state index is 0.0690. The summed E-state index contributed by atoms with van der Waals surface area (Å²) in [6, 6.07) is 8.16. The third-order valence-electron chi connectivity index (χ3n) is 5.53. The van der Waals surface area contributed by atoms with E-state index in [4.69, 9.17) is 28.9 Å². The van der Waals surface area contributed by atoms with Crippen molar-refractivity contribution in [3.8, 4) is 5.75 Å². The van der Waals surface area contributed by atoms with Gasteiger partial charge in [-0.25, -0.2) is 4.39 Å². The van der Waals surface area contributed by atoms with E-state index in [1.165, 1.54) is 41.6 Å². The molecule has 164 valence electrons. The van der Waals surface area contributed by atoms with Gasteiger partial charge >= 0.3 is 0 Å². The highest BCUT2D eigenvalue weighted by Crippen LogP contribution is 2.43. The summed E-state index contributed by atoms with van der Waals surface area (Å²) < 4.78 is 14.6. The predicted octanol–water partition coefficient (Wildman–Crippen LogP) is 4.59. The van der Waals surface area contributed by atoms with Crippen LogP contribution in [0, 0.1) is 5.82 Å². The van der Waals surface area contributed by atoms with Crippen LogP contribution in [0.1, 0.15) is 45.6 Å².